The molecule has 0 aliphatic carbocycles. The molecular weight excluding hydrogens is 380 g/mol. The summed E-state index contributed by atoms with van der Waals surface area (Å²) in [6.45, 7) is 6.29. The van der Waals surface area contributed by atoms with Crippen molar-refractivity contribution in [3.63, 3.8) is 0 Å². The Labute approximate surface area is 174 Å². The van der Waals surface area contributed by atoms with Gasteiger partial charge in [-0.1, -0.05) is 38.1 Å². The molecule has 0 saturated carbocycles. The Kier molecular flexibility index (Phi) is 5.74. The van der Waals surface area contributed by atoms with Crippen molar-refractivity contribution in [2.45, 2.75) is 20.4 Å². The lowest BCUT2D eigenvalue weighted by atomic mass is 10.1. The van der Waals surface area contributed by atoms with Crippen molar-refractivity contribution in [1.82, 2.24) is 15.3 Å². The molecule has 4 aromatic rings. The molecule has 2 aromatic heterocycles. The van der Waals surface area contributed by atoms with Crippen LogP contribution in [0, 0.1) is 5.92 Å². The number of aromatic hydroxyl groups is 1. The predicted molar refractivity (Wildman–Crippen MR) is 121 cm³/mol. The van der Waals surface area contributed by atoms with E-state index in [9.17, 15) is 5.11 Å². The van der Waals surface area contributed by atoms with Gasteiger partial charge in [0.1, 0.15) is 12.1 Å². The van der Waals surface area contributed by atoms with Gasteiger partial charge < -0.3 is 15.7 Å². The van der Waals surface area contributed by atoms with Crippen molar-refractivity contribution in [2.75, 3.05) is 11.9 Å². The van der Waals surface area contributed by atoms with Crippen LogP contribution in [-0.2, 0) is 6.54 Å². The summed E-state index contributed by atoms with van der Waals surface area (Å²) in [4.78, 5) is 10.0. The summed E-state index contributed by atoms with van der Waals surface area (Å²) in [5.41, 5.74) is 4.15. The highest BCUT2D eigenvalue weighted by Crippen LogP contribution is 2.37. The predicted octanol–water partition coefficient (Wildman–Crippen LogP) is 5.55. The highest BCUT2D eigenvalue weighted by molar-refractivity contribution is 7.22. The van der Waals surface area contributed by atoms with E-state index in [1.165, 1.54) is 11.1 Å². The van der Waals surface area contributed by atoms with Gasteiger partial charge in [0, 0.05) is 23.2 Å². The van der Waals surface area contributed by atoms with Crippen LogP contribution in [0.5, 0.6) is 5.75 Å². The van der Waals surface area contributed by atoms with Gasteiger partial charge in [0.05, 0.1) is 10.2 Å². The minimum Gasteiger partial charge on any atom is -0.508 e. The van der Waals surface area contributed by atoms with Crippen LogP contribution in [0.15, 0.2) is 60.9 Å². The van der Waals surface area contributed by atoms with Gasteiger partial charge in [-0.2, -0.15) is 0 Å². The Balaban J connectivity index is 1.61. The van der Waals surface area contributed by atoms with Gasteiger partial charge in [0.25, 0.3) is 0 Å². The van der Waals surface area contributed by atoms with Gasteiger partial charge in [-0.15, -0.1) is 11.3 Å². The number of phenols is 1. The Morgan fingerprint density at radius 1 is 1.03 bits per heavy atom. The first-order valence-electron chi connectivity index (χ1n) is 9.69. The number of anilines is 2. The maximum atomic E-state index is 9.70. The summed E-state index contributed by atoms with van der Waals surface area (Å²) >= 11 is 1.67. The maximum absolute atomic E-state index is 9.70. The highest BCUT2D eigenvalue weighted by atomic mass is 32.1. The molecule has 148 valence electrons. The summed E-state index contributed by atoms with van der Waals surface area (Å²) in [6.07, 6.45) is 1.57. The molecule has 0 atom stereocenters. The second kappa shape index (κ2) is 8.59. The molecule has 0 bridgehead atoms. The van der Waals surface area contributed by atoms with Crippen LogP contribution in [0.3, 0.4) is 0 Å². The molecule has 29 heavy (non-hydrogen) atoms. The third-order valence-corrected chi connectivity index (χ3v) is 5.69. The summed E-state index contributed by atoms with van der Waals surface area (Å²) in [5, 5.41) is 16.5. The van der Waals surface area contributed by atoms with Crippen LogP contribution in [0.1, 0.15) is 19.4 Å². The average molecular weight is 405 g/mol. The fourth-order valence-electron chi connectivity index (χ4n) is 3.15. The Morgan fingerprint density at radius 3 is 2.72 bits per heavy atom. The lowest BCUT2D eigenvalue weighted by molar-refractivity contribution is 0.475. The van der Waals surface area contributed by atoms with E-state index in [1.54, 1.807) is 35.9 Å². The molecule has 0 radical (unpaired) electrons. The molecule has 0 amide bonds. The van der Waals surface area contributed by atoms with E-state index in [1.807, 2.05) is 6.07 Å². The number of aromatic nitrogens is 2. The normalized spacial score (nSPS) is 11.3. The Bertz CT molecular complexity index is 1120. The number of thiophene rings is 1. The fraction of sp³-hybridized carbons (Fsp3) is 0.217. The van der Waals surface area contributed by atoms with Gasteiger partial charge in [0.15, 0.2) is 5.82 Å². The number of nitrogens with zero attached hydrogens (tertiary/aromatic N) is 2. The first kappa shape index (κ1) is 19.4. The number of nitrogens with one attached hydrogen (secondary N) is 2. The molecule has 0 fully saturated rings. The van der Waals surface area contributed by atoms with Crippen molar-refractivity contribution < 1.29 is 5.11 Å². The molecule has 0 aliphatic heterocycles. The zero-order valence-corrected chi connectivity index (χ0v) is 17.3. The quantitative estimate of drug-likeness (QED) is 0.376. The molecule has 4 rings (SSSR count). The van der Waals surface area contributed by atoms with Gasteiger partial charge in [0.2, 0.25) is 0 Å². The van der Waals surface area contributed by atoms with Crippen LogP contribution in [0.25, 0.3) is 20.7 Å². The summed E-state index contributed by atoms with van der Waals surface area (Å²) in [7, 11) is 0. The molecule has 0 saturated heterocycles. The first-order valence-corrected chi connectivity index (χ1v) is 10.5. The van der Waals surface area contributed by atoms with E-state index in [2.05, 4.69) is 64.8 Å². The molecule has 0 spiro atoms. The van der Waals surface area contributed by atoms with Crippen LogP contribution >= 0.6 is 11.3 Å². The monoisotopic (exact) mass is 404 g/mol. The minimum absolute atomic E-state index is 0.218. The second-order valence-corrected chi connectivity index (χ2v) is 8.50. The highest BCUT2D eigenvalue weighted by Gasteiger charge is 2.11. The summed E-state index contributed by atoms with van der Waals surface area (Å²) < 4.78 is 0.995. The zero-order chi connectivity index (χ0) is 20.2. The molecule has 2 aromatic carbocycles. The van der Waals surface area contributed by atoms with Crippen LogP contribution < -0.4 is 10.6 Å². The van der Waals surface area contributed by atoms with E-state index in [0.717, 1.165) is 39.7 Å². The summed E-state index contributed by atoms with van der Waals surface area (Å²) in [5.74, 6) is 1.60. The molecule has 3 N–H and O–H groups in total. The summed E-state index contributed by atoms with van der Waals surface area (Å²) in [6, 6.07) is 17.7. The first-order chi connectivity index (χ1) is 14.1. The Hall–Kier alpha value is -2.96. The van der Waals surface area contributed by atoms with E-state index in [-0.39, 0.29) is 5.75 Å². The number of hydrogen-bond donors (Lipinski definition) is 3. The number of rotatable bonds is 7. The van der Waals surface area contributed by atoms with Gasteiger partial charge in [-0.25, -0.2) is 9.97 Å². The Morgan fingerprint density at radius 2 is 1.90 bits per heavy atom. The molecule has 0 aliphatic rings. The van der Waals surface area contributed by atoms with Crippen LogP contribution in [0.2, 0.25) is 0 Å². The van der Waals surface area contributed by atoms with Crippen LogP contribution in [-0.4, -0.2) is 21.6 Å². The van der Waals surface area contributed by atoms with Gasteiger partial charge >= 0.3 is 0 Å². The van der Waals surface area contributed by atoms with Gasteiger partial charge in [-0.3, -0.25) is 0 Å². The van der Waals surface area contributed by atoms with E-state index in [0.29, 0.717) is 5.92 Å². The topological polar surface area (TPSA) is 70.1 Å². The second-order valence-electron chi connectivity index (χ2n) is 7.45. The zero-order valence-electron chi connectivity index (χ0n) is 16.5. The van der Waals surface area contributed by atoms with E-state index in [4.69, 9.17) is 0 Å². The number of hydrogen-bond acceptors (Lipinski definition) is 6. The molecule has 0 unspecified atom stereocenters. The minimum atomic E-state index is 0.218. The fourth-order valence-corrected chi connectivity index (χ4v) is 4.20. The van der Waals surface area contributed by atoms with Crippen molar-refractivity contribution in [1.29, 1.82) is 0 Å². The van der Waals surface area contributed by atoms with E-state index < -0.39 is 0 Å². The number of phenolic OH excluding ortho intramolecular Hbond substituents is 1. The molecular formula is C23H24N4OS. The van der Waals surface area contributed by atoms with Gasteiger partial charge in [-0.05, 0) is 47.9 Å². The molecule has 6 heteroatoms. The van der Waals surface area contributed by atoms with Crippen molar-refractivity contribution in [3.05, 3.63) is 66.5 Å². The SMILES string of the molecule is CC(C)CNCc1cccc(-c2cc3ncnc(Nc4cccc(O)c4)c3s2)c1. The lowest BCUT2D eigenvalue weighted by Gasteiger charge is -2.08. The molecule has 5 nitrogen and oxygen atoms in total. The largest absolute Gasteiger partial charge is 0.508 e. The smallest absolute Gasteiger partial charge is 0.151 e. The average Bonchev–Trinajstić information content (AvgIpc) is 3.14. The number of fused-ring (bicyclic) bond motifs is 1. The number of benzene rings is 2. The molecule has 2 heterocycles. The van der Waals surface area contributed by atoms with Crippen molar-refractivity contribution in [2.24, 2.45) is 5.92 Å². The third-order valence-electron chi connectivity index (χ3n) is 4.51. The van der Waals surface area contributed by atoms with E-state index >= 15 is 0 Å². The third kappa shape index (κ3) is 4.72. The van der Waals surface area contributed by atoms with Crippen molar-refractivity contribution in [3.8, 4) is 16.2 Å². The maximum Gasteiger partial charge on any atom is 0.151 e. The van der Waals surface area contributed by atoms with Crippen molar-refractivity contribution >= 4 is 33.1 Å². The van der Waals surface area contributed by atoms with Crippen LogP contribution in [0.4, 0.5) is 11.5 Å². The standard InChI is InChI=1S/C23H24N4OS/c1-15(2)12-24-13-16-5-3-6-17(9-16)21-11-20-22(29-21)23(26-14-25-20)27-18-7-4-8-19(28)10-18/h3-11,14-15,24,28H,12-13H2,1-2H3,(H,25,26,27). The lowest BCUT2D eigenvalue weighted by Crippen LogP contribution is -2.18.